The fraction of sp³-hybridized carbons (Fsp3) is 0.190. The van der Waals surface area contributed by atoms with Crippen molar-refractivity contribution in [3.05, 3.63) is 70.3 Å². The summed E-state index contributed by atoms with van der Waals surface area (Å²) in [7, 11) is 1.84. The van der Waals surface area contributed by atoms with Gasteiger partial charge < -0.3 is 4.57 Å². The van der Waals surface area contributed by atoms with Crippen LogP contribution in [-0.2, 0) is 18.3 Å². The third-order valence-corrected chi connectivity index (χ3v) is 5.18. The molecule has 0 radical (unpaired) electrons. The maximum absolute atomic E-state index is 13.2. The molecule has 29 heavy (non-hydrogen) atoms. The van der Waals surface area contributed by atoms with Crippen LogP contribution in [0.2, 0.25) is 5.02 Å². The molecule has 0 aliphatic rings. The monoisotopic (exact) mass is 411 g/mol. The molecule has 0 fully saturated rings. The molecule has 0 unspecified atom stereocenters. The third-order valence-electron chi connectivity index (χ3n) is 4.94. The van der Waals surface area contributed by atoms with E-state index in [2.05, 4.69) is 15.4 Å². The minimum absolute atomic E-state index is 0.156. The summed E-state index contributed by atoms with van der Waals surface area (Å²) in [5.74, 6) is -0.0496. The van der Waals surface area contributed by atoms with Gasteiger partial charge in [0, 0.05) is 23.3 Å². The normalized spacial score (nSPS) is 11.2. The lowest BCUT2D eigenvalue weighted by Crippen LogP contribution is -2.18. The van der Waals surface area contributed by atoms with E-state index in [9.17, 15) is 9.18 Å². The fourth-order valence-electron chi connectivity index (χ4n) is 3.38. The van der Waals surface area contributed by atoms with E-state index in [4.69, 9.17) is 11.6 Å². The molecule has 2 aromatic heterocycles. The van der Waals surface area contributed by atoms with E-state index in [1.165, 1.54) is 12.1 Å². The highest BCUT2D eigenvalue weighted by atomic mass is 35.5. The van der Waals surface area contributed by atoms with Gasteiger partial charge in [0.25, 0.3) is 0 Å². The Kier molecular flexibility index (Phi) is 4.84. The Bertz CT molecular complexity index is 1230. The van der Waals surface area contributed by atoms with E-state index in [1.54, 1.807) is 28.9 Å². The Labute approximate surface area is 171 Å². The number of aromatic nitrogens is 4. The van der Waals surface area contributed by atoms with Crippen molar-refractivity contribution in [2.45, 2.75) is 20.3 Å². The van der Waals surface area contributed by atoms with E-state index >= 15 is 0 Å². The largest absolute Gasteiger partial charge is 0.313 e. The molecule has 8 heteroatoms. The molecule has 2 aromatic carbocycles. The van der Waals surface area contributed by atoms with E-state index < -0.39 is 0 Å². The summed E-state index contributed by atoms with van der Waals surface area (Å²) in [5.41, 5.74) is 4.74. The number of rotatable bonds is 4. The second-order valence-electron chi connectivity index (χ2n) is 6.89. The van der Waals surface area contributed by atoms with Crippen LogP contribution in [0.3, 0.4) is 0 Å². The molecule has 4 rings (SSSR count). The fourth-order valence-corrected chi connectivity index (χ4v) is 3.55. The van der Waals surface area contributed by atoms with Gasteiger partial charge in [0.05, 0.1) is 28.8 Å². The number of hydrogen-bond donors (Lipinski definition) is 1. The zero-order valence-electron chi connectivity index (χ0n) is 16.2. The van der Waals surface area contributed by atoms with Crippen LogP contribution in [0.1, 0.15) is 17.0 Å². The Hall–Kier alpha value is -3.19. The highest BCUT2D eigenvalue weighted by molar-refractivity contribution is 6.31. The van der Waals surface area contributed by atoms with Crippen molar-refractivity contribution in [2.75, 3.05) is 5.32 Å². The third kappa shape index (κ3) is 3.61. The number of halogens is 2. The molecule has 4 aromatic rings. The first-order valence-electron chi connectivity index (χ1n) is 9.06. The first-order chi connectivity index (χ1) is 13.8. The zero-order valence-corrected chi connectivity index (χ0v) is 17.0. The second-order valence-corrected chi connectivity index (χ2v) is 7.33. The lowest BCUT2D eigenvalue weighted by atomic mass is 10.1. The van der Waals surface area contributed by atoms with Gasteiger partial charge in [-0.3, -0.25) is 10.1 Å². The number of anilines is 1. The van der Waals surface area contributed by atoms with Gasteiger partial charge in [0.15, 0.2) is 0 Å². The first kappa shape index (κ1) is 19.1. The van der Waals surface area contributed by atoms with Crippen molar-refractivity contribution < 1.29 is 9.18 Å². The minimum Gasteiger partial charge on any atom is -0.313 e. The van der Waals surface area contributed by atoms with Gasteiger partial charge in [0.1, 0.15) is 5.82 Å². The molecule has 1 amide bonds. The Balaban J connectivity index is 1.58. The van der Waals surface area contributed by atoms with Crippen LogP contribution in [0.15, 0.2) is 42.5 Å². The number of aryl methyl sites for hydroxylation is 2. The van der Waals surface area contributed by atoms with Crippen LogP contribution >= 0.6 is 11.6 Å². The summed E-state index contributed by atoms with van der Waals surface area (Å²) in [4.78, 5) is 17.1. The number of hydrogen-bond acceptors (Lipinski definition) is 3. The number of fused-ring (bicyclic) bond motifs is 1. The van der Waals surface area contributed by atoms with Crippen molar-refractivity contribution in [1.82, 2.24) is 19.3 Å². The highest BCUT2D eigenvalue weighted by Crippen LogP contribution is 2.23. The molecule has 0 spiro atoms. The molecular formula is C21H19ClFN5O. The molecular weight excluding hydrogens is 393 g/mol. The molecule has 0 aliphatic carbocycles. The number of carbonyl (C=O) groups is 1. The maximum Gasteiger partial charge on any atom is 0.231 e. The van der Waals surface area contributed by atoms with Crippen LogP contribution < -0.4 is 5.32 Å². The predicted molar refractivity (Wildman–Crippen MR) is 111 cm³/mol. The Morgan fingerprint density at radius 3 is 2.62 bits per heavy atom. The predicted octanol–water partition coefficient (Wildman–Crippen LogP) is 4.35. The number of nitrogens with zero attached hydrogens (tertiary/aromatic N) is 4. The second kappa shape index (κ2) is 7.33. The van der Waals surface area contributed by atoms with Gasteiger partial charge in [-0.25, -0.2) is 14.1 Å². The summed E-state index contributed by atoms with van der Waals surface area (Å²) < 4.78 is 16.7. The Morgan fingerprint density at radius 2 is 1.90 bits per heavy atom. The number of benzene rings is 2. The summed E-state index contributed by atoms with van der Waals surface area (Å²) in [6, 6.07) is 11.5. The average Bonchev–Trinajstić information content (AvgIpc) is 3.13. The number of amides is 1. The molecule has 0 saturated carbocycles. The van der Waals surface area contributed by atoms with Gasteiger partial charge in [-0.1, -0.05) is 11.6 Å². The van der Waals surface area contributed by atoms with E-state index in [1.807, 2.05) is 31.5 Å². The molecule has 0 bridgehead atoms. The van der Waals surface area contributed by atoms with Crippen molar-refractivity contribution in [2.24, 2.45) is 7.05 Å². The van der Waals surface area contributed by atoms with Crippen LogP contribution in [0.5, 0.6) is 0 Å². The molecule has 1 N–H and O–H groups in total. The first-order valence-corrected chi connectivity index (χ1v) is 9.44. The van der Waals surface area contributed by atoms with Crippen molar-refractivity contribution in [3.63, 3.8) is 0 Å². The van der Waals surface area contributed by atoms with Gasteiger partial charge >= 0.3 is 0 Å². The average molecular weight is 412 g/mol. The van der Waals surface area contributed by atoms with Crippen molar-refractivity contribution >= 4 is 34.5 Å². The molecule has 148 valence electrons. The maximum atomic E-state index is 13.2. The summed E-state index contributed by atoms with van der Waals surface area (Å²) in [6.07, 6.45) is 0.156. The van der Waals surface area contributed by atoms with Crippen LogP contribution in [-0.4, -0.2) is 25.2 Å². The summed E-state index contributed by atoms with van der Waals surface area (Å²) in [6.45, 7) is 3.75. The van der Waals surface area contributed by atoms with E-state index in [-0.39, 0.29) is 18.1 Å². The van der Waals surface area contributed by atoms with E-state index in [0.29, 0.717) is 16.5 Å². The quantitative estimate of drug-likeness (QED) is 0.543. The van der Waals surface area contributed by atoms with Gasteiger partial charge in [-0.2, -0.15) is 5.10 Å². The highest BCUT2D eigenvalue weighted by Gasteiger charge is 2.18. The molecule has 0 aliphatic heterocycles. The minimum atomic E-state index is -0.307. The van der Waals surface area contributed by atoms with Gasteiger partial charge in [-0.05, 0) is 56.3 Å². The lowest BCUT2D eigenvalue weighted by molar-refractivity contribution is -0.115. The van der Waals surface area contributed by atoms with E-state index in [0.717, 1.165) is 28.2 Å². The van der Waals surface area contributed by atoms with Gasteiger partial charge in [-0.15, -0.1) is 0 Å². The lowest BCUT2D eigenvalue weighted by Gasteiger charge is -2.07. The molecule has 2 heterocycles. The van der Waals surface area contributed by atoms with Crippen molar-refractivity contribution in [1.29, 1.82) is 0 Å². The molecule has 0 atom stereocenters. The van der Waals surface area contributed by atoms with Crippen LogP contribution in [0, 0.1) is 19.7 Å². The number of carbonyl (C=O) groups excluding carboxylic acids is 1. The summed E-state index contributed by atoms with van der Waals surface area (Å²) >= 11 is 6.02. The zero-order chi connectivity index (χ0) is 20.7. The summed E-state index contributed by atoms with van der Waals surface area (Å²) in [5, 5.41) is 7.96. The molecule has 6 nitrogen and oxygen atoms in total. The standard InChI is InChI=1S/C21H19ClFN5O/c1-12-17(13(2)28(26-12)16-7-5-15(23)6-8-16)11-20(29)25-21-24-18-10-14(22)4-9-19(18)27(21)3/h4-10H,11H2,1-3H3,(H,24,25,29). The van der Waals surface area contributed by atoms with Gasteiger partial charge in [0.2, 0.25) is 11.9 Å². The Morgan fingerprint density at radius 1 is 1.17 bits per heavy atom. The topological polar surface area (TPSA) is 64.7 Å². The van der Waals surface area contributed by atoms with Crippen LogP contribution in [0.25, 0.3) is 16.7 Å². The number of nitrogens with one attached hydrogen (secondary N) is 1. The number of imidazole rings is 1. The van der Waals surface area contributed by atoms with Crippen LogP contribution in [0.4, 0.5) is 10.3 Å². The SMILES string of the molecule is Cc1nn(-c2ccc(F)cc2)c(C)c1CC(=O)Nc1nc2cc(Cl)ccc2n1C. The van der Waals surface area contributed by atoms with Crippen molar-refractivity contribution in [3.8, 4) is 5.69 Å². The smallest absolute Gasteiger partial charge is 0.231 e. The molecule has 0 saturated heterocycles.